The number of aliphatic imine (C=N–C) groups is 1. The van der Waals surface area contributed by atoms with Crippen LogP contribution >= 0.6 is 0 Å². The number of H-pyrrole nitrogens is 1. The number of nitrogens with zero attached hydrogens (tertiary/aromatic N) is 4. The zero-order valence-electron chi connectivity index (χ0n) is 23.2. The monoisotopic (exact) mass is 525 g/mol. The highest BCUT2D eigenvalue weighted by Crippen LogP contribution is 2.30. The molecule has 0 aliphatic rings. The number of amides is 1. The number of carbonyl (C=O) groups excluding carboxylic acids is 1. The summed E-state index contributed by atoms with van der Waals surface area (Å²) in [6.07, 6.45) is 1.49. The second-order valence-corrected chi connectivity index (χ2v) is 10.2. The first-order valence-electron chi connectivity index (χ1n) is 12.7. The average molecular weight is 526 g/mol. The van der Waals surface area contributed by atoms with Crippen LogP contribution in [0.3, 0.4) is 0 Å². The minimum Gasteiger partial charge on any atom is -0.359 e. The Bertz CT molecular complexity index is 1470. The smallest absolute Gasteiger partial charge is 0.256 e. The van der Waals surface area contributed by atoms with Crippen LogP contribution in [-0.2, 0) is 12.0 Å². The van der Waals surface area contributed by atoms with Crippen molar-refractivity contribution in [3.63, 3.8) is 0 Å². The van der Waals surface area contributed by atoms with Gasteiger partial charge in [-0.1, -0.05) is 57.2 Å². The first-order chi connectivity index (χ1) is 18.6. The molecule has 0 unspecified atom stereocenters. The fraction of sp³-hybridized carbons (Fsp3) is 0.276. The lowest BCUT2D eigenvalue weighted by atomic mass is 9.92. The summed E-state index contributed by atoms with van der Waals surface area (Å²) in [5.74, 6) is 1.41. The maximum absolute atomic E-state index is 13.0. The SMILES string of the molecule is CN/C(=N\c1c(C)ncnc1Nc1cc(C(=O)Nc2cc(C(C)(C)C)n[nH]2)ccc1C)NCc1ccccc1. The minimum absolute atomic E-state index is 0.124. The maximum atomic E-state index is 13.0. The van der Waals surface area contributed by atoms with E-state index in [0.29, 0.717) is 41.1 Å². The molecule has 4 rings (SSSR count). The predicted molar refractivity (Wildman–Crippen MR) is 156 cm³/mol. The van der Waals surface area contributed by atoms with Crippen molar-refractivity contribution in [1.29, 1.82) is 0 Å². The van der Waals surface area contributed by atoms with Crippen LogP contribution in [0, 0.1) is 13.8 Å². The molecule has 0 atom stereocenters. The maximum Gasteiger partial charge on any atom is 0.256 e. The summed E-state index contributed by atoms with van der Waals surface area (Å²) >= 11 is 0. The standard InChI is InChI=1S/C29H35N9O/c1-18-12-13-21(27(39)35-24-15-23(37-38-24)29(3,4)5)14-22(18)34-26-25(19(2)32-17-33-26)36-28(30-6)31-16-20-10-8-7-9-11-20/h7-15,17H,16H2,1-6H3,(H2,30,31,36)(H,32,33,34)(H2,35,37,38,39). The molecule has 0 saturated heterocycles. The molecule has 4 aromatic rings. The van der Waals surface area contributed by atoms with Gasteiger partial charge in [-0.3, -0.25) is 9.89 Å². The number of carbonyl (C=O) groups is 1. The van der Waals surface area contributed by atoms with Gasteiger partial charge in [0.05, 0.1) is 11.4 Å². The van der Waals surface area contributed by atoms with E-state index in [0.717, 1.165) is 22.5 Å². The van der Waals surface area contributed by atoms with E-state index in [1.807, 2.05) is 56.3 Å². The van der Waals surface area contributed by atoms with E-state index >= 15 is 0 Å². The van der Waals surface area contributed by atoms with Gasteiger partial charge in [0.15, 0.2) is 11.8 Å². The molecule has 0 aliphatic carbocycles. The molecule has 0 radical (unpaired) electrons. The normalized spacial score (nSPS) is 11.7. The Hall–Kier alpha value is -4.73. The highest BCUT2D eigenvalue weighted by molar-refractivity contribution is 6.04. The van der Waals surface area contributed by atoms with Gasteiger partial charge in [-0.15, -0.1) is 0 Å². The lowest BCUT2D eigenvalue weighted by Gasteiger charge is -2.15. The largest absolute Gasteiger partial charge is 0.359 e. The molecule has 0 aliphatic heterocycles. The van der Waals surface area contributed by atoms with E-state index in [9.17, 15) is 4.79 Å². The van der Waals surface area contributed by atoms with Crippen molar-refractivity contribution in [1.82, 2.24) is 30.8 Å². The van der Waals surface area contributed by atoms with Crippen molar-refractivity contribution in [2.24, 2.45) is 4.99 Å². The van der Waals surface area contributed by atoms with E-state index in [-0.39, 0.29) is 11.3 Å². The van der Waals surface area contributed by atoms with Gasteiger partial charge < -0.3 is 21.3 Å². The van der Waals surface area contributed by atoms with Gasteiger partial charge >= 0.3 is 0 Å². The number of aromatic nitrogens is 4. The van der Waals surface area contributed by atoms with E-state index in [4.69, 9.17) is 4.99 Å². The second kappa shape index (κ2) is 11.8. The molecule has 10 nitrogen and oxygen atoms in total. The molecule has 0 saturated carbocycles. The fourth-order valence-electron chi connectivity index (χ4n) is 3.76. The highest BCUT2D eigenvalue weighted by atomic mass is 16.1. The Morgan fingerprint density at radius 1 is 1.03 bits per heavy atom. The van der Waals surface area contributed by atoms with Gasteiger partial charge in [0.25, 0.3) is 5.91 Å². The van der Waals surface area contributed by atoms with Crippen LogP contribution in [-0.4, -0.2) is 39.1 Å². The summed E-state index contributed by atoms with van der Waals surface area (Å²) in [7, 11) is 1.80. The summed E-state index contributed by atoms with van der Waals surface area (Å²) in [6, 6.07) is 17.4. The molecule has 0 bridgehead atoms. The zero-order valence-corrected chi connectivity index (χ0v) is 23.2. The van der Waals surface area contributed by atoms with Gasteiger partial charge in [0.1, 0.15) is 17.8 Å². The van der Waals surface area contributed by atoms with E-state index in [1.165, 1.54) is 6.33 Å². The van der Waals surface area contributed by atoms with Crippen molar-refractivity contribution in [3.8, 4) is 0 Å². The molecule has 10 heteroatoms. The number of aromatic amines is 1. The first-order valence-corrected chi connectivity index (χ1v) is 12.7. The quantitative estimate of drug-likeness (QED) is 0.167. The number of hydrogen-bond acceptors (Lipinski definition) is 6. The van der Waals surface area contributed by atoms with Crippen molar-refractivity contribution < 1.29 is 4.79 Å². The third kappa shape index (κ3) is 6.98. The number of aryl methyl sites for hydroxylation is 2. The fourth-order valence-corrected chi connectivity index (χ4v) is 3.76. The van der Waals surface area contributed by atoms with Crippen LogP contribution in [0.2, 0.25) is 0 Å². The van der Waals surface area contributed by atoms with Gasteiger partial charge in [-0.25, -0.2) is 15.0 Å². The highest BCUT2D eigenvalue weighted by Gasteiger charge is 2.19. The van der Waals surface area contributed by atoms with Crippen LogP contribution in [0.5, 0.6) is 0 Å². The Balaban J connectivity index is 1.55. The number of nitrogens with one attached hydrogen (secondary N) is 5. The number of anilines is 3. The molecule has 1 amide bonds. The van der Waals surface area contributed by atoms with Gasteiger partial charge in [0, 0.05) is 36.3 Å². The van der Waals surface area contributed by atoms with E-state index in [1.54, 1.807) is 19.2 Å². The third-order valence-electron chi connectivity index (χ3n) is 6.12. The molecule has 202 valence electrons. The Labute approximate surface area is 228 Å². The average Bonchev–Trinajstić information content (AvgIpc) is 3.39. The molecule has 2 heterocycles. The Morgan fingerprint density at radius 3 is 2.49 bits per heavy atom. The first kappa shape index (κ1) is 27.3. The molecule has 5 N–H and O–H groups in total. The lowest BCUT2D eigenvalue weighted by Crippen LogP contribution is -2.34. The van der Waals surface area contributed by atoms with Crippen LogP contribution in [0.1, 0.15) is 53.6 Å². The molecule has 39 heavy (non-hydrogen) atoms. The number of guanidine groups is 1. The summed E-state index contributed by atoms with van der Waals surface area (Å²) in [6.45, 7) is 10.7. The summed E-state index contributed by atoms with van der Waals surface area (Å²) in [4.78, 5) is 26.6. The van der Waals surface area contributed by atoms with Gasteiger partial charge in [-0.2, -0.15) is 5.10 Å². The van der Waals surface area contributed by atoms with Crippen molar-refractivity contribution in [2.45, 2.75) is 46.6 Å². The molecular weight excluding hydrogens is 490 g/mol. The Kier molecular flexibility index (Phi) is 8.24. The van der Waals surface area contributed by atoms with Crippen molar-refractivity contribution in [3.05, 3.63) is 89.0 Å². The van der Waals surface area contributed by atoms with E-state index < -0.39 is 0 Å². The van der Waals surface area contributed by atoms with Gasteiger partial charge in [0.2, 0.25) is 0 Å². The van der Waals surface area contributed by atoms with Crippen LogP contribution in [0.25, 0.3) is 0 Å². The van der Waals surface area contributed by atoms with Crippen LogP contribution in [0.4, 0.5) is 23.0 Å². The minimum atomic E-state index is -0.248. The number of benzene rings is 2. The molecule has 2 aromatic carbocycles. The Morgan fingerprint density at radius 2 is 1.79 bits per heavy atom. The molecular formula is C29H35N9O. The summed E-state index contributed by atoms with van der Waals surface area (Å²) in [5, 5.41) is 19.9. The van der Waals surface area contributed by atoms with Crippen molar-refractivity contribution >= 4 is 34.9 Å². The third-order valence-corrected chi connectivity index (χ3v) is 6.12. The van der Waals surface area contributed by atoms with Crippen LogP contribution < -0.4 is 21.3 Å². The van der Waals surface area contributed by atoms with Crippen molar-refractivity contribution in [2.75, 3.05) is 17.7 Å². The summed E-state index contributed by atoms with van der Waals surface area (Å²) in [5.41, 5.74) is 5.36. The van der Waals surface area contributed by atoms with Gasteiger partial charge in [-0.05, 0) is 37.1 Å². The zero-order chi connectivity index (χ0) is 28.0. The number of hydrogen-bond donors (Lipinski definition) is 5. The second-order valence-electron chi connectivity index (χ2n) is 10.2. The lowest BCUT2D eigenvalue weighted by molar-refractivity contribution is 0.102. The molecule has 2 aromatic heterocycles. The molecule has 0 fully saturated rings. The predicted octanol–water partition coefficient (Wildman–Crippen LogP) is 5.11. The molecule has 0 spiro atoms. The van der Waals surface area contributed by atoms with Crippen LogP contribution in [0.15, 0.2) is 65.9 Å². The topological polar surface area (TPSA) is 132 Å². The van der Waals surface area contributed by atoms with E-state index in [2.05, 4.69) is 62.2 Å². The number of rotatable bonds is 7. The summed E-state index contributed by atoms with van der Waals surface area (Å²) < 4.78 is 0.